The fraction of sp³-hybridized carbons (Fsp3) is 0.833. The van der Waals surface area contributed by atoms with Gasteiger partial charge in [-0.2, -0.15) is 0 Å². The third-order valence-electron chi connectivity index (χ3n) is 5.71. The van der Waals surface area contributed by atoms with Crippen LogP contribution in [0.1, 0.15) is 52.9 Å². The van der Waals surface area contributed by atoms with E-state index in [0.717, 1.165) is 31.1 Å². The molecule has 1 heterocycles. The quantitative estimate of drug-likeness (QED) is 0.799. The van der Waals surface area contributed by atoms with Crippen LogP contribution < -0.4 is 11.1 Å². The minimum absolute atomic E-state index is 0.0374. The molecule has 2 aliphatic carbocycles. The average molecular weight is 351 g/mol. The maximum Gasteiger partial charge on any atom is 0.408 e. The van der Waals surface area contributed by atoms with Crippen molar-refractivity contribution in [3.63, 3.8) is 0 Å². The Hall–Kier alpha value is -1.79. The second kappa shape index (κ2) is 6.50. The zero-order chi connectivity index (χ0) is 18.4. The fourth-order valence-electron chi connectivity index (χ4n) is 4.20. The fourth-order valence-corrected chi connectivity index (χ4v) is 4.20. The second-order valence-corrected chi connectivity index (χ2v) is 8.79. The summed E-state index contributed by atoms with van der Waals surface area (Å²) in [6.07, 6.45) is 3.86. The van der Waals surface area contributed by atoms with Crippen molar-refractivity contribution in [3.05, 3.63) is 0 Å². The van der Waals surface area contributed by atoms with Gasteiger partial charge in [-0.3, -0.25) is 9.59 Å². The predicted octanol–water partition coefficient (Wildman–Crippen LogP) is 1.40. The predicted molar refractivity (Wildman–Crippen MR) is 91.4 cm³/mol. The van der Waals surface area contributed by atoms with Crippen molar-refractivity contribution in [1.82, 2.24) is 10.2 Å². The van der Waals surface area contributed by atoms with E-state index in [4.69, 9.17) is 10.5 Å². The lowest BCUT2D eigenvalue weighted by Gasteiger charge is -2.35. The number of hydrogen-bond donors (Lipinski definition) is 2. The number of carbonyl (C=O) groups is 3. The molecule has 0 spiro atoms. The van der Waals surface area contributed by atoms with Crippen molar-refractivity contribution in [2.75, 3.05) is 6.54 Å². The molecule has 0 aromatic carbocycles. The molecule has 0 radical (unpaired) electrons. The Morgan fingerprint density at radius 1 is 1.16 bits per heavy atom. The molecule has 1 saturated heterocycles. The molecule has 7 heteroatoms. The number of fused-ring (bicyclic) bond motifs is 1. The van der Waals surface area contributed by atoms with Crippen LogP contribution in [0.5, 0.6) is 0 Å². The van der Waals surface area contributed by atoms with Gasteiger partial charge in [-0.05, 0) is 49.4 Å². The van der Waals surface area contributed by atoms with Crippen LogP contribution >= 0.6 is 0 Å². The maximum atomic E-state index is 13.0. The summed E-state index contributed by atoms with van der Waals surface area (Å²) in [7, 11) is 0. The van der Waals surface area contributed by atoms with Crippen molar-refractivity contribution in [2.45, 2.75) is 71.1 Å². The van der Waals surface area contributed by atoms with Gasteiger partial charge in [0, 0.05) is 6.54 Å². The standard InChI is InChI=1S/C18H29N3O4/c1-18(2,3)14(16(23)21-6-4-5-13(21)15(19)22)20-17(24)25-12-8-10-7-11(10)9-12/h10-14H,4-9H2,1-3H3,(H2,19,22)(H,20,24)/t10?,11?,12?,13-,14?/m0/s1. The van der Waals surface area contributed by atoms with Crippen LogP contribution in [0.25, 0.3) is 0 Å². The molecule has 3 amide bonds. The lowest BCUT2D eigenvalue weighted by molar-refractivity contribution is -0.141. The summed E-state index contributed by atoms with van der Waals surface area (Å²) in [4.78, 5) is 38.4. The van der Waals surface area contributed by atoms with E-state index in [9.17, 15) is 14.4 Å². The van der Waals surface area contributed by atoms with Crippen molar-refractivity contribution < 1.29 is 19.1 Å². The van der Waals surface area contributed by atoms with E-state index in [-0.39, 0.29) is 12.0 Å². The first-order valence-corrected chi connectivity index (χ1v) is 9.23. The summed E-state index contributed by atoms with van der Waals surface area (Å²) in [5, 5.41) is 2.75. The average Bonchev–Trinajstić information content (AvgIpc) is 2.94. The van der Waals surface area contributed by atoms with E-state index in [1.807, 2.05) is 20.8 Å². The third kappa shape index (κ3) is 3.90. The Morgan fingerprint density at radius 2 is 1.80 bits per heavy atom. The van der Waals surface area contributed by atoms with Crippen LogP contribution in [0.2, 0.25) is 0 Å². The highest BCUT2D eigenvalue weighted by molar-refractivity contribution is 5.91. The summed E-state index contributed by atoms with van der Waals surface area (Å²) in [6, 6.07) is -1.34. The normalized spacial score (nSPS) is 32.0. The zero-order valence-corrected chi connectivity index (χ0v) is 15.3. The Kier molecular flexibility index (Phi) is 4.68. The number of likely N-dealkylation sites (tertiary alicyclic amines) is 1. The Balaban J connectivity index is 1.63. The van der Waals surface area contributed by atoms with Crippen LogP contribution in [-0.4, -0.2) is 47.5 Å². The van der Waals surface area contributed by atoms with Crippen molar-refractivity contribution >= 4 is 17.9 Å². The van der Waals surface area contributed by atoms with Crippen molar-refractivity contribution in [2.24, 2.45) is 23.0 Å². The Morgan fingerprint density at radius 3 is 2.36 bits per heavy atom. The number of amides is 3. The SMILES string of the molecule is CC(C)(C)C(NC(=O)OC1CC2CC2C1)C(=O)N1CCC[C@H]1C(N)=O. The maximum absolute atomic E-state index is 13.0. The van der Waals surface area contributed by atoms with Gasteiger partial charge in [0.25, 0.3) is 0 Å². The molecule has 3 aliphatic rings. The van der Waals surface area contributed by atoms with Crippen molar-refractivity contribution in [1.29, 1.82) is 0 Å². The van der Waals surface area contributed by atoms with Crippen LogP contribution in [0.3, 0.4) is 0 Å². The number of ether oxygens (including phenoxy) is 1. The number of primary amides is 1. The number of carbonyl (C=O) groups excluding carboxylic acids is 3. The van der Waals surface area contributed by atoms with E-state index < -0.39 is 29.5 Å². The molecular weight excluding hydrogens is 322 g/mol. The minimum atomic E-state index is -0.754. The first kappa shape index (κ1) is 18.0. The molecule has 0 bridgehead atoms. The van der Waals surface area contributed by atoms with Gasteiger partial charge in [0.05, 0.1) is 0 Å². The molecule has 3 N–H and O–H groups in total. The van der Waals surface area contributed by atoms with Crippen molar-refractivity contribution in [3.8, 4) is 0 Å². The molecule has 0 aromatic rings. The summed E-state index contributed by atoms with van der Waals surface area (Å²) >= 11 is 0. The molecule has 3 rings (SSSR count). The molecule has 2 saturated carbocycles. The topological polar surface area (TPSA) is 102 Å². The number of hydrogen-bond acceptors (Lipinski definition) is 4. The summed E-state index contributed by atoms with van der Waals surface area (Å²) < 4.78 is 5.51. The Labute approximate surface area is 148 Å². The van der Waals surface area contributed by atoms with Crippen LogP contribution in [0, 0.1) is 17.3 Å². The van der Waals surface area contributed by atoms with Gasteiger partial charge in [0.15, 0.2) is 0 Å². The van der Waals surface area contributed by atoms with Gasteiger partial charge in [-0.25, -0.2) is 4.79 Å². The highest BCUT2D eigenvalue weighted by atomic mass is 16.6. The van der Waals surface area contributed by atoms with Gasteiger partial charge in [-0.15, -0.1) is 0 Å². The number of rotatable bonds is 4. The molecule has 25 heavy (non-hydrogen) atoms. The van der Waals surface area contributed by atoms with Gasteiger partial charge in [-0.1, -0.05) is 20.8 Å². The molecule has 140 valence electrons. The van der Waals surface area contributed by atoms with E-state index in [1.54, 1.807) is 0 Å². The van der Waals surface area contributed by atoms with E-state index >= 15 is 0 Å². The first-order valence-electron chi connectivity index (χ1n) is 9.23. The number of nitrogens with two attached hydrogens (primary N) is 1. The molecular formula is C18H29N3O4. The lowest BCUT2D eigenvalue weighted by Crippen LogP contribution is -2.57. The molecule has 3 unspecified atom stereocenters. The molecule has 3 fully saturated rings. The largest absolute Gasteiger partial charge is 0.446 e. The highest BCUT2D eigenvalue weighted by Crippen LogP contribution is 2.52. The van der Waals surface area contributed by atoms with Crippen LogP contribution in [0.15, 0.2) is 0 Å². The Bertz CT molecular complexity index is 561. The summed E-state index contributed by atoms with van der Waals surface area (Å²) in [5.41, 5.74) is 4.92. The molecule has 4 atom stereocenters. The molecule has 1 aliphatic heterocycles. The summed E-state index contributed by atoms with van der Waals surface area (Å²) in [6.45, 7) is 6.14. The zero-order valence-electron chi connectivity index (χ0n) is 15.3. The molecule has 0 aromatic heterocycles. The van der Waals surface area contributed by atoms with Gasteiger partial charge in [0.1, 0.15) is 18.2 Å². The number of alkyl carbamates (subject to hydrolysis) is 1. The van der Waals surface area contributed by atoms with Gasteiger partial charge in [0.2, 0.25) is 11.8 Å². The van der Waals surface area contributed by atoms with Crippen LogP contribution in [-0.2, 0) is 14.3 Å². The second-order valence-electron chi connectivity index (χ2n) is 8.79. The van der Waals surface area contributed by atoms with Gasteiger partial charge >= 0.3 is 6.09 Å². The van der Waals surface area contributed by atoms with E-state index in [1.165, 1.54) is 11.3 Å². The van der Waals surface area contributed by atoms with E-state index in [0.29, 0.717) is 13.0 Å². The summed E-state index contributed by atoms with van der Waals surface area (Å²) in [5.74, 6) is 0.684. The third-order valence-corrected chi connectivity index (χ3v) is 5.71. The smallest absolute Gasteiger partial charge is 0.408 e. The number of nitrogens with zero attached hydrogens (tertiary/aromatic N) is 1. The minimum Gasteiger partial charge on any atom is -0.446 e. The van der Waals surface area contributed by atoms with E-state index in [2.05, 4.69) is 5.32 Å². The van der Waals surface area contributed by atoms with Crippen LogP contribution in [0.4, 0.5) is 4.79 Å². The first-order chi connectivity index (χ1) is 11.7. The molecule has 7 nitrogen and oxygen atoms in total. The van der Waals surface area contributed by atoms with Gasteiger partial charge < -0.3 is 20.7 Å². The lowest BCUT2D eigenvalue weighted by atomic mass is 9.85. The monoisotopic (exact) mass is 351 g/mol. The number of nitrogens with one attached hydrogen (secondary N) is 1. The highest BCUT2D eigenvalue weighted by Gasteiger charge is 2.48.